The van der Waals surface area contributed by atoms with E-state index >= 15 is 0 Å². The lowest BCUT2D eigenvalue weighted by atomic mass is 10.2. The maximum atomic E-state index is 12.0. The minimum absolute atomic E-state index is 0. The van der Waals surface area contributed by atoms with E-state index in [0.717, 1.165) is 13.0 Å². The summed E-state index contributed by atoms with van der Waals surface area (Å²) in [5, 5.41) is 11.3. The van der Waals surface area contributed by atoms with E-state index in [-0.39, 0.29) is 30.4 Å². The van der Waals surface area contributed by atoms with Gasteiger partial charge in [-0.3, -0.25) is 4.79 Å². The zero-order valence-electron chi connectivity index (χ0n) is 13.2. The number of amides is 3. The molecule has 0 radical (unpaired) electrons. The molecule has 1 aromatic rings. The predicted octanol–water partition coefficient (Wildman–Crippen LogP) is 1.98. The van der Waals surface area contributed by atoms with Crippen LogP contribution in [-0.4, -0.2) is 38.1 Å². The molecule has 0 aliphatic carbocycles. The average Bonchev–Trinajstić information content (AvgIpc) is 2.42. The van der Waals surface area contributed by atoms with E-state index in [1.165, 1.54) is 0 Å². The van der Waals surface area contributed by atoms with Crippen LogP contribution in [0.15, 0.2) is 24.3 Å². The fraction of sp³-hybridized carbons (Fsp3) is 0.467. The van der Waals surface area contributed by atoms with Gasteiger partial charge in [0, 0.05) is 23.8 Å². The number of hydrogen-bond acceptors (Lipinski definition) is 3. The average molecular weight is 329 g/mol. The van der Waals surface area contributed by atoms with Crippen molar-refractivity contribution in [3.8, 4) is 0 Å². The summed E-state index contributed by atoms with van der Waals surface area (Å²) in [6, 6.07) is 6.65. The van der Waals surface area contributed by atoms with E-state index in [0.29, 0.717) is 17.8 Å². The summed E-state index contributed by atoms with van der Waals surface area (Å²) < 4.78 is 0. The Morgan fingerprint density at radius 1 is 1.18 bits per heavy atom. The van der Waals surface area contributed by atoms with Crippen LogP contribution >= 0.6 is 12.4 Å². The molecule has 0 saturated heterocycles. The van der Waals surface area contributed by atoms with Gasteiger partial charge in [-0.05, 0) is 52.1 Å². The zero-order valence-corrected chi connectivity index (χ0v) is 14.0. The number of halogens is 1. The normalized spacial score (nSPS) is 9.82. The number of hydrogen-bond donors (Lipinski definition) is 4. The largest absolute Gasteiger partial charge is 0.352 e. The van der Waals surface area contributed by atoms with Crippen LogP contribution in [0.4, 0.5) is 10.5 Å². The van der Waals surface area contributed by atoms with E-state index in [1.54, 1.807) is 24.3 Å². The number of benzene rings is 1. The molecule has 0 saturated carbocycles. The van der Waals surface area contributed by atoms with Gasteiger partial charge >= 0.3 is 6.03 Å². The molecule has 7 heteroatoms. The molecule has 22 heavy (non-hydrogen) atoms. The van der Waals surface area contributed by atoms with Crippen molar-refractivity contribution in [3.63, 3.8) is 0 Å². The molecule has 0 atom stereocenters. The standard InChI is InChI=1S/C15H24N4O2.ClH/c1-11(2)18-15(21)19-13-7-4-6-12(10-13)14(20)17-9-5-8-16-3;/h4,6-7,10-11,16H,5,8-9H2,1-3H3,(H,17,20)(H2,18,19,21);1H. The summed E-state index contributed by atoms with van der Waals surface area (Å²) in [6.07, 6.45) is 0.872. The Kier molecular flexibility index (Phi) is 9.98. The van der Waals surface area contributed by atoms with Crippen molar-refractivity contribution in [3.05, 3.63) is 29.8 Å². The number of carbonyl (C=O) groups is 2. The van der Waals surface area contributed by atoms with Crippen molar-refractivity contribution in [2.24, 2.45) is 0 Å². The van der Waals surface area contributed by atoms with Crippen molar-refractivity contribution in [2.45, 2.75) is 26.3 Å². The third kappa shape index (κ3) is 7.85. The van der Waals surface area contributed by atoms with Gasteiger partial charge in [0.05, 0.1) is 0 Å². The van der Waals surface area contributed by atoms with Gasteiger partial charge in [-0.2, -0.15) is 0 Å². The first-order valence-electron chi connectivity index (χ1n) is 7.13. The Hall–Kier alpha value is -1.79. The Labute approximate surface area is 137 Å². The molecule has 1 rings (SSSR count). The summed E-state index contributed by atoms with van der Waals surface area (Å²) in [6.45, 7) is 5.24. The first-order chi connectivity index (χ1) is 10.0. The van der Waals surface area contributed by atoms with Crippen LogP contribution in [0.5, 0.6) is 0 Å². The van der Waals surface area contributed by atoms with Gasteiger partial charge in [0.25, 0.3) is 5.91 Å². The minimum Gasteiger partial charge on any atom is -0.352 e. The lowest BCUT2D eigenvalue weighted by Crippen LogP contribution is -2.34. The van der Waals surface area contributed by atoms with Crippen LogP contribution in [0, 0.1) is 0 Å². The number of rotatable bonds is 7. The molecular formula is C15H25ClN4O2. The Bertz CT molecular complexity index is 480. The van der Waals surface area contributed by atoms with Crippen molar-refractivity contribution in [2.75, 3.05) is 25.5 Å². The van der Waals surface area contributed by atoms with Crippen molar-refractivity contribution in [1.82, 2.24) is 16.0 Å². The lowest BCUT2D eigenvalue weighted by Gasteiger charge is -2.11. The maximum absolute atomic E-state index is 12.0. The number of nitrogens with one attached hydrogen (secondary N) is 4. The van der Waals surface area contributed by atoms with Crippen LogP contribution in [0.3, 0.4) is 0 Å². The molecule has 0 bridgehead atoms. The summed E-state index contributed by atoms with van der Waals surface area (Å²) in [5.41, 5.74) is 1.12. The highest BCUT2D eigenvalue weighted by Gasteiger charge is 2.07. The molecule has 1 aromatic carbocycles. The highest BCUT2D eigenvalue weighted by Crippen LogP contribution is 2.10. The van der Waals surface area contributed by atoms with E-state index in [1.807, 2.05) is 20.9 Å². The molecule has 124 valence electrons. The van der Waals surface area contributed by atoms with Gasteiger partial charge in [-0.15, -0.1) is 12.4 Å². The van der Waals surface area contributed by atoms with Gasteiger partial charge in [0.1, 0.15) is 0 Å². The molecule has 0 aliphatic heterocycles. The molecule has 0 heterocycles. The molecule has 0 fully saturated rings. The molecule has 0 unspecified atom stereocenters. The molecule has 0 aliphatic rings. The molecule has 3 amide bonds. The summed E-state index contributed by atoms with van der Waals surface area (Å²) in [4.78, 5) is 23.6. The lowest BCUT2D eigenvalue weighted by molar-refractivity contribution is 0.0953. The summed E-state index contributed by atoms with van der Waals surface area (Å²) >= 11 is 0. The minimum atomic E-state index is -0.281. The topological polar surface area (TPSA) is 82.3 Å². The molecule has 0 spiro atoms. The van der Waals surface area contributed by atoms with Crippen LogP contribution in [-0.2, 0) is 0 Å². The van der Waals surface area contributed by atoms with Crippen LogP contribution < -0.4 is 21.3 Å². The van der Waals surface area contributed by atoms with Crippen LogP contribution in [0.2, 0.25) is 0 Å². The second-order valence-electron chi connectivity index (χ2n) is 5.05. The van der Waals surface area contributed by atoms with Gasteiger partial charge in [0.2, 0.25) is 0 Å². The first-order valence-corrected chi connectivity index (χ1v) is 7.13. The third-order valence-corrected chi connectivity index (χ3v) is 2.69. The van der Waals surface area contributed by atoms with Gasteiger partial charge in [-0.1, -0.05) is 6.07 Å². The fourth-order valence-corrected chi connectivity index (χ4v) is 1.74. The summed E-state index contributed by atoms with van der Waals surface area (Å²) in [7, 11) is 1.87. The van der Waals surface area contributed by atoms with Gasteiger partial charge in [0.15, 0.2) is 0 Å². The fourth-order valence-electron chi connectivity index (χ4n) is 1.74. The molecule has 4 N–H and O–H groups in total. The van der Waals surface area contributed by atoms with E-state index < -0.39 is 0 Å². The highest BCUT2D eigenvalue weighted by atomic mass is 35.5. The molecule has 0 aromatic heterocycles. The Balaban J connectivity index is 0.00000441. The van der Waals surface area contributed by atoms with Crippen LogP contribution in [0.1, 0.15) is 30.6 Å². The Morgan fingerprint density at radius 2 is 1.91 bits per heavy atom. The number of carbonyl (C=O) groups excluding carboxylic acids is 2. The Morgan fingerprint density at radius 3 is 2.55 bits per heavy atom. The van der Waals surface area contributed by atoms with Crippen molar-refractivity contribution in [1.29, 1.82) is 0 Å². The van der Waals surface area contributed by atoms with Gasteiger partial charge < -0.3 is 21.3 Å². The second-order valence-corrected chi connectivity index (χ2v) is 5.05. The zero-order chi connectivity index (χ0) is 15.7. The predicted molar refractivity (Wildman–Crippen MR) is 91.9 cm³/mol. The van der Waals surface area contributed by atoms with Gasteiger partial charge in [-0.25, -0.2) is 4.79 Å². The highest BCUT2D eigenvalue weighted by molar-refractivity contribution is 5.96. The number of urea groups is 1. The summed E-state index contributed by atoms with van der Waals surface area (Å²) in [5.74, 6) is -0.140. The SMILES string of the molecule is CNCCCNC(=O)c1cccc(NC(=O)NC(C)C)c1.Cl. The van der Waals surface area contributed by atoms with Crippen LogP contribution in [0.25, 0.3) is 0 Å². The molecule has 6 nitrogen and oxygen atoms in total. The maximum Gasteiger partial charge on any atom is 0.319 e. The number of anilines is 1. The second kappa shape index (κ2) is 10.9. The van der Waals surface area contributed by atoms with Crippen molar-refractivity contribution >= 4 is 30.0 Å². The third-order valence-electron chi connectivity index (χ3n) is 2.69. The smallest absolute Gasteiger partial charge is 0.319 e. The van der Waals surface area contributed by atoms with E-state index in [4.69, 9.17) is 0 Å². The first kappa shape index (κ1) is 20.2. The molecular weight excluding hydrogens is 304 g/mol. The van der Waals surface area contributed by atoms with E-state index in [9.17, 15) is 9.59 Å². The van der Waals surface area contributed by atoms with Crippen molar-refractivity contribution < 1.29 is 9.59 Å². The quantitative estimate of drug-likeness (QED) is 0.578. The van der Waals surface area contributed by atoms with E-state index in [2.05, 4.69) is 21.3 Å². The monoisotopic (exact) mass is 328 g/mol.